The summed E-state index contributed by atoms with van der Waals surface area (Å²) in [5.41, 5.74) is 5.49. The molecule has 1 aromatic heterocycles. The largest absolute Gasteiger partial charge is 0.339 e. The zero-order valence-corrected chi connectivity index (χ0v) is 15.7. The van der Waals surface area contributed by atoms with Crippen molar-refractivity contribution in [3.8, 4) is 11.3 Å². The van der Waals surface area contributed by atoms with Crippen molar-refractivity contribution in [2.75, 3.05) is 14.1 Å². The smallest absolute Gasteiger partial charge is 0.240 e. The molecule has 5 nitrogen and oxygen atoms in total. The van der Waals surface area contributed by atoms with Gasteiger partial charge in [0.15, 0.2) is 0 Å². The molecular formula is C22H24N4O. The predicted molar refractivity (Wildman–Crippen MR) is 106 cm³/mol. The van der Waals surface area contributed by atoms with Gasteiger partial charge in [0.25, 0.3) is 0 Å². The highest BCUT2D eigenvalue weighted by molar-refractivity contribution is 5.82. The molecule has 0 radical (unpaired) electrons. The maximum absolute atomic E-state index is 13.0. The molecule has 0 spiro atoms. The molecule has 27 heavy (non-hydrogen) atoms. The van der Waals surface area contributed by atoms with Gasteiger partial charge in [0.2, 0.25) is 5.91 Å². The minimum absolute atomic E-state index is 0.124. The van der Waals surface area contributed by atoms with Gasteiger partial charge in [-0.25, -0.2) is 0 Å². The van der Waals surface area contributed by atoms with Crippen LogP contribution in [0, 0.1) is 0 Å². The number of hydrogen-bond donors (Lipinski definition) is 1. The quantitative estimate of drug-likeness (QED) is 0.778. The standard InChI is InChI=1S/C22H24N4O/c1-25-14-18-11-7-6-10-17(18)12-21(25)22(27)26(2)15-19-13-20(24-23-19)16-8-4-3-5-9-16/h3-11,13,21H,12,14-15H2,1-2H3,(H,23,24)/t21-/m0/s1. The van der Waals surface area contributed by atoms with E-state index in [1.807, 2.05) is 56.6 Å². The highest BCUT2D eigenvalue weighted by atomic mass is 16.2. The summed E-state index contributed by atoms with van der Waals surface area (Å²) in [5.74, 6) is 0.142. The van der Waals surface area contributed by atoms with Crippen LogP contribution < -0.4 is 0 Å². The lowest BCUT2D eigenvalue weighted by Crippen LogP contribution is -2.48. The van der Waals surface area contributed by atoms with Gasteiger partial charge in [-0.15, -0.1) is 0 Å². The summed E-state index contributed by atoms with van der Waals surface area (Å²) in [6.45, 7) is 1.33. The summed E-state index contributed by atoms with van der Waals surface area (Å²) < 4.78 is 0. The fourth-order valence-corrected chi connectivity index (χ4v) is 3.72. The Labute approximate surface area is 159 Å². The number of fused-ring (bicyclic) bond motifs is 1. The Morgan fingerprint density at radius 3 is 2.63 bits per heavy atom. The van der Waals surface area contributed by atoms with Crippen LogP contribution >= 0.6 is 0 Å². The SMILES string of the molecule is CN(Cc1cc(-c2ccccc2)n[nH]1)C(=O)[C@@H]1Cc2ccccc2CN1C. The number of carbonyl (C=O) groups excluding carboxylic acids is 1. The number of amides is 1. The van der Waals surface area contributed by atoms with Crippen molar-refractivity contribution in [1.82, 2.24) is 20.0 Å². The molecule has 0 saturated carbocycles. The molecule has 1 amide bonds. The topological polar surface area (TPSA) is 52.2 Å². The van der Waals surface area contributed by atoms with Crippen molar-refractivity contribution < 1.29 is 4.79 Å². The third-order valence-corrected chi connectivity index (χ3v) is 5.25. The second kappa shape index (κ2) is 7.37. The number of carbonyl (C=O) groups is 1. The zero-order valence-electron chi connectivity index (χ0n) is 15.7. The third-order valence-electron chi connectivity index (χ3n) is 5.25. The fourth-order valence-electron chi connectivity index (χ4n) is 3.72. The Morgan fingerprint density at radius 2 is 1.85 bits per heavy atom. The van der Waals surface area contributed by atoms with Gasteiger partial charge >= 0.3 is 0 Å². The van der Waals surface area contributed by atoms with E-state index in [1.54, 1.807) is 4.90 Å². The number of aromatic amines is 1. The van der Waals surface area contributed by atoms with E-state index in [0.29, 0.717) is 6.54 Å². The molecule has 0 fully saturated rings. The first-order chi connectivity index (χ1) is 13.1. The Morgan fingerprint density at radius 1 is 1.15 bits per heavy atom. The van der Waals surface area contributed by atoms with Crippen molar-refractivity contribution >= 4 is 5.91 Å². The lowest BCUT2D eigenvalue weighted by Gasteiger charge is -2.35. The second-order valence-electron chi connectivity index (χ2n) is 7.24. The van der Waals surface area contributed by atoms with Crippen LogP contribution in [0.4, 0.5) is 0 Å². The Bertz CT molecular complexity index is 934. The van der Waals surface area contributed by atoms with Crippen molar-refractivity contribution in [2.24, 2.45) is 0 Å². The predicted octanol–water partition coefficient (Wildman–Crippen LogP) is 3.09. The average molecular weight is 360 g/mol. The Balaban J connectivity index is 1.45. The van der Waals surface area contributed by atoms with Crippen molar-refractivity contribution in [3.63, 3.8) is 0 Å². The van der Waals surface area contributed by atoms with Gasteiger partial charge in [-0.1, -0.05) is 54.6 Å². The first kappa shape index (κ1) is 17.5. The number of H-pyrrole nitrogens is 1. The number of nitrogens with zero attached hydrogens (tertiary/aromatic N) is 3. The lowest BCUT2D eigenvalue weighted by atomic mass is 9.94. The molecule has 1 aliphatic rings. The average Bonchev–Trinajstić information content (AvgIpc) is 3.16. The summed E-state index contributed by atoms with van der Waals surface area (Å²) in [7, 11) is 3.88. The molecule has 138 valence electrons. The van der Waals surface area contributed by atoms with E-state index in [-0.39, 0.29) is 11.9 Å². The molecule has 1 N–H and O–H groups in total. The Kier molecular flexibility index (Phi) is 4.77. The number of hydrogen-bond acceptors (Lipinski definition) is 3. The minimum Gasteiger partial charge on any atom is -0.339 e. The molecule has 0 saturated heterocycles. The van der Waals surface area contributed by atoms with E-state index < -0.39 is 0 Å². The molecule has 5 heteroatoms. The monoisotopic (exact) mass is 360 g/mol. The van der Waals surface area contributed by atoms with Gasteiger partial charge in [0.1, 0.15) is 0 Å². The molecule has 0 bridgehead atoms. The highest BCUT2D eigenvalue weighted by Gasteiger charge is 2.31. The van der Waals surface area contributed by atoms with E-state index in [9.17, 15) is 4.79 Å². The fraction of sp³-hybridized carbons (Fsp3) is 0.273. The van der Waals surface area contributed by atoms with Crippen LogP contribution in [0.3, 0.4) is 0 Å². The molecule has 2 aromatic carbocycles. The molecule has 1 atom stereocenters. The van der Waals surface area contributed by atoms with Crippen LogP contribution in [0.1, 0.15) is 16.8 Å². The van der Waals surface area contributed by atoms with Gasteiger partial charge in [-0.3, -0.25) is 14.8 Å². The van der Waals surface area contributed by atoms with Crippen molar-refractivity contribution in [2.45, 2.75) is 25.6 Å². The molecule has 0 unspecified atom stereocenters. The van der Waals surface area contributed by atoms with E-state index >= 15 is 0 Å². The molecule has 0 aliphatic carbocycles. The summed E-state index contributed by atoms with van der Waals surface area (Å²) in [6.07, 6.45) is 0.758. The van der Waals surface area contributed by atoms with Gasteiger partial charge in [0.05, 0.1) is 24.0 Å². The number of likely N-dealkylation sites (N-methyl/N-ethyl adjacent to an activating group) is 2. The van der Waals surface area contributed by atoms with E-state index in [1.165, 1.54) is 11.1 Å². The zero-order chi connectivity index (χ0) is 18.8. The van der Waals surface area contributed by atoms with E-state index in [2.05, 4.69) is 33.3 Å². The van der Waals surface area contributed by atoms with Crippen molar-refractivity contribution in [1.29, 1.82) is 0 Å². The van der Waals surface area contributed by atoms with Crippen LogP contribution in [-0.2, 0) is 24.3 Å². The third kappa shape index (κ3) is 3.64. The highest BCUT2D eigenvalue weighted by Crippen LogP contribution is 2.23. The molecule has 2 heterocycles. The van der Waals surface area contributed by atoms with Gasteiger partial charge < -0.3 is 4.90 Å². The molecular weight excluding hydrogens is 336 g/mol. The van der Waals surface area contributed by atoms with E-state index in [0.717, 1.165) is 29.9 Å². The van der Waals surface area contributed by atoms with Crippen LogP contribution in [0.5, 0.6) is 0 Å². The normalized spacial score (nSPS) is 16.7. The lowest BCUT2D eigenvalue weighted by molar-refractivity contribution is -0.136. The van der Waals surface area contributed by atoms with Crippen LogP contribution in [0.15, 0.2) is 60.7 Å². The number of aromatic nitrogens is 2. The first-order valence-electron chi connectivity index (χ1n) is 9.23. The van der Waals surface area contributed by atoms with Crippen LogP contribution in [0.2, 0.25) is 0 Å². The number of nitrogens with one attached hydrogen (secondary N) is 1. The summed E-state index contributed by atoms with van der Waals surface area (Å²) in [5, 5.41) is 7.44. The van der Waals surface area contributed by atoms with E-state index in [4.69, 9.17) is 0 Å². The maximum Gasteiger partial charge on any atom is 0.240 e. The first-order valence-corrected chi connectivity index (χ1v) is 9.23. The number of benzene rings is 2. The minimum atomic E-state index is -0.124. The molecule has 4 rings (SSSR count). The van der Waals surface area contributed by atoms with Gasteiger partial charge in [0, 0.05) is 19.2 Å². The van der Waals surface area contributed by atoms with Gasteiger partial charge in [-0.05, 0) is 30.7 Å². The summed E-state index contributed by atoms with van der Waals surface area (Å²) in [4.78, 5) is 17.0. The molecule has 1 aliphatic heterocycles. The van der Waals surface area contributed by atoms with Crippen molar-refractivity contribution in [3.05, 3.63) is 77.5 Å². The summed E-state index contributed by atoms with van der Waals surface area (Å²) in [6, 6.07) is 20.3. The summed E-state index contributed by atoms with van der Waals surface area (Å²) >= 11 is 0. The maximum atomic E-state index is 13.0. The van der Waals surface area contributed by atoms with Crippen LogP contribution in [-0.4, -0.2) is 46.0 Å². The Hall–Kier alpha value is -2.92. The molecule has 3 aromatic rings. The van der Waals surface area contributed by atoms with Crippen LogP contribution in [0.25, 0.3) is 11.3 Å². The van der Waals surface area contributed by atoms with Gasteiger partial charge in [-0.2, -0.15) is 5.10 Å². The number of rotatable bonds is 4. The second-order valence-corrected chi connectivity index (χ2v) is 7.24.